The summed E-state index contributed by atoms with van der Waals surface area (Å²) in [6.45, 7) is 0. The number of aromatic amines is 1. The van der Waals surface area contributed by atoms with Crippen LogP contribution in [0.4, 0.5) is 13.2 Å². The van der Waals surface area contributed by atoms with Crippen LogP contribution in [0.25, 0.3) is 0 Å². The lowest BCUT2D eigenvalue weighted by Crippen LogP contribution is -2.12. The highest BCUT2D eigenvalue weighted by molar-refractivity contribution is 7.71. The van der Waals surface area contributed by atoms with E-state index in [4.69, 9.17) is 23.2 Å². The van der Waals surface area contributed by atoms with Gasteiger partial charge in [-0.05, 0) is 29.9 Å². The van der Waals surface area contributed by atoms with E-state index in [1.54, 1.807) is 6.07 Å². The molecule has 10 heteroatoms. The molecule has 0 radical (unpaired) electrons. The van der Waals surface area contributed by atoms with E-state index < -0.39 is 12.0 Å². The Morgan fingerprint density at radius 2 is 2.00 bits per heavy atom. The Labute approximate surface area is 125 Å². The Bertz CT molecular complexity index is 720. The molecule has 1 aromatic heterocycles. The first kappa shape index (κ1) is 15.0. The summed E-state index contributed by atoms with van der Waals surface area (Å²) in [6.07, 6.45) is -3.49. The van der Waals surface area contributed by atoms with Gasteiger partial charge in [-0.2, -0.15) is 22.9 Å². The molecule has 0 saturated heterocycles. The van der Waals surface area contributed by atoms with Crippen LogP contribution < -0.4 is 0 Å². The molecule has 1 aromatic carbocycles. The highest BCUT2D eigenvalue weighted by Gasteiger charge is 2.37. The largest absolute Gasteiger partial charge is 0.453 e. The fraction of sp³-hybridized carbons (Fsp3) is 0.100. The Hall–Kier alpha value is -1.38. The van der Waals surface area contributed by atoms with Crippen molar-refractivity contribution in [2.75, 3.05) is 0 Å². The van der Waals surface area contributed by atoms with Crippen LogP contribution in [0, 0.1) is 4.77 Å². The summed E-state index contributed by atoms with van der Waals surface area (Å²) in [7, 11) is 0. The number of H-pyrrole nitrogens is 1. The van der Waals surface area contributed by atoms with Crippen LogP contribution >= 0.6 is 35.4 Å². The molecule has 0 aliphatic carbocycles. The van der Waals surface area contributed by atoms with E-state index in [1.165, 1.54) is 18.3 Å². The molecule has 1 N–H and O–H groups in total. The van der Waals surface area contributed by atoms with Crippen molar-refractivity contribution in [1.29, 1.82) is 0 Å². The lowest BCUT2D eigenvalue weighted by molar-refractivity contribution is -0.147. The fourth-order valence-corrected chi connectivity index (χ4v) is 1.79. The summed E-state index contributed by atoms with van der Waals surface area (Å²) in [4.78, 5) is 0. The van der Waals surface area contributed by atoms with Gasteiger partial charge in [0.15, 0.2) is 0 Å². The van der Waals surface area contributed by atoms with Gasteiger partial charge >= 0.3 is 6.18 Å². The SMILES string of the molecule is FC(F)(F)c1n[nH]c(=S)n1/N=C\c1ccc(Cl)c(Cl)c1. The first-order chi connectivity index (χ1) is 9.29. The van der Waals surface area contributed by atoms with Crippen LogP contribution in [-0.4, -0.2) is 21.1 Å². The van der Waals surface area contributed by atoms with E-state index in [0.29, 0.717) is 15.3 Å². The molecule has 1 heterocycles. The summed E-state index contributed by atoms with van der Waals surface area (Å²) in [5.74, 6) is -1.24. The van der Waals surface area contributed by atoms with E-state index in [0.717, 1.165) is 0 Å². The number of benzene rings is 1. The molecule has 2 rings (SSSR count). The van der Waals surface area contributed by atoms with Gasteiger partial charge in [0.2, 0.25) is 4.77 Å². The van der Waals surface area contributed by atoms with Crippen molar-refractivity contribution in [2.45, 2.75) is 6.18 Å². The minimum Gasteiger partial charge on any atom is -0.250 e. The first-order valence-corrected chi connectivity index (χ1v) is 6.19. The molecule has 20 heavy (non-hydrogen) atoms. The molecule has 0 unspecified atom stereocenters. The van der Waals surface area contributed by atoms with Gasteiger partial charge in [-0.15, -0.1) is 5.10 Å². The summed E-state index contributed by atoms with van der Waals surface area (Å²) in [5.41, 5.74) is 0.468. The zero-order valence-corrected chi connectivity index (χ0v) is 11.8. The molecule has 0 atom stereocenters. The van der Waals surface area contributed by atoms with Crippen molar-refractivity contribution in [3.05, 3.63) is 44.4 Å². The van der Waals surface area contributed by atoms with E-state index in [-0.39, 0.29) is 9.79 Å². The van der Waals surface area contributed by atoms with Crippen LogP contribution in [0.5, 0.6) is 0 Å². The third-order valence-electron chi connectivity index (χ3n) is 2.17. The van der Waals surface area contributed by atoms with Gasteiger partial charge in [-0.25, -0.2) is 5.10 Å². The van der Waals surface area contributed by atoms with Crippen molar-refractivity contribution >= 4 is 41.6 Å². The topological polar surface area (TPSA) is 46.0 Å². The van der Waals surface area contributed by atoms with Crippen LogP contribution in [0.3, 0.4) is 0 Å². The molecule has 0 bridgehead atoms. The maximum absolute atomic E-state index is 12.6. The van der Waals surface area contributed by atoms with Crippen molar-refractivity contribution in [3.8, 4) is 0 Å². The van der Waals surface area contributed by atoms with E-state index in [2.05, 4.69) is 22.4 Å². The molecule has 106 valence electrons. The maximum atomic E-state index is 12.6. The van der Waals surface area contributed by atoms with Crippen molar-refractivity contribution in [2.24, 2.45) is 5.10 Å². The van der Waals surface area contributed by atoms with Crippen molar-refractivity contribution < 1.29 is 13.2 Å². The average molecular weight is 341 g/mol. The van der Waals surface area contributed by atoms with Gasteiger partial charge in [0.25, 0.3) is 5.82 Å². The average Bonchev–Trinajstić information content (AvgIpc) is 2.72. The van der Waals surface area contributed by atoms with Gasteiger partial charge in [0, 0.05) is 0 Å². The lowest BCUT2D eigenvalue weighted by atomic mass is 10.2. The lowest BCUT2D eigenvalue weighted by Gasteiger charge is -2.04. The summed E-state index contributed by atoms with van der Waals surface area (Å²) in [5, 5.41) is 9.37. The molecule has 2 aromatic rings. The molecule has 0 aliphatic rings. The Balaban J connectivity index is 2.39. The zero-order chi connectivity index (χ0) is 14.9. The van der Waals surface area contributed by atoms with Gasteiger partial charge in [0.1, 0.15) is 0 Å². The number of hydrogen-bond donors (Lipinski definition) is 1. The number of alkyl halides is 3. The van der Waals surface area contributed by atoms with Crippen molar-refractivity contribution in [1.82, 2.24) is 14.9 Å². The fourth-order valence-electron chi connectivity index (χ4n) is 1.30. The van der Waals surface area contributed by atoms with Crippen LogP contribution in [0.15, 0.2) is 23.3 Å². The number of aromatic nitrogens is 3. The molecule has 0 spiro atoms. The van der Waals surface area contributed by atoms with Crippen LogP contribution in [0.2, 0.25) is 10.0 Å². The number of hydrogen-bond acceptors (Lipinski definition) is 3. The second-order valence-corrected chi connectivity index (χ2v) is 4.78. The van der Waals surface area contributed by atoms with E-state index in [1.807, 2.05) is 5.10 Å². The standard InChI is InChI=1S/C10H5Cl2F3N4S/c11-6-2-1-5(3-7(6)12)4-16-19-8(10(13,14)15)17-18-9(19)20/h1-4H,(H,18,20)/b16-4-. The highest BCUT2D eigenvalue weighted by atomic mass is 35.5. The van der Waals surface area contributed by atoms with Crippen LogP contribution in [0.1, 0.15) is 11.4 Å². The van der Waals surface area contributed by atoms with Gasteiger partial charge in [-0.1, -0.05) is 29.3 Å². The first-order valence-electron chi connectivity index (χ1n) is 5.03. The Morgan fingerprint density at radius 1 is 1.30 bits per heavy atom. The predicted octanol–water partition coefficient (Wildman–Crippen LogP) is 4.15. The number of halogens is 5. The third-order valence-corrected chi connectivity index (χ3v) is 3.17. The van der Waals surface area contributed by atoms with Gasteiger partial charge < -0.3 is 0 Å². The maximum Gasteiger partial charge on any atom is 0.453 e. The number of nitrogens with one attached hydrogen (secondary N) is 1. The third kappa shape index (κ3) is 3.20. The number of nitrogens with zero attached hydrogens (tertiary/aromatic N) is 3. The molecule has 0 saturated carbocycles. The minimum atomic E-state index is -4.66. The molecule has 4 nitrogen and oxygen atoms in total. The molecular formula is C10H5Cl2F3N4S. The van der Waals surface area contributed by atoms with Gasteiger partial charge in [-0.3, -0.25) is 0 Å². The van der Waals surface area contributed by atoms with E-state index in [9.17, 15) is 13.2 Å². The Kier molecular flexibility index (Phi) is 4.17. The summed E-state index contributed by atoms with van der Waals surface area (Å²) < 4.78 is 38.1. The highest BCUT2D eigenvalue weighted by Crippen LogP contribution is 2.27. The monoisotopic (exact) mass is 340 g/mol. The second kappa shape index (κ2) is 5.55. The summed E-state index contributed by atoms with van der Waals surface area (Å²) in [6, 6.07) is 4.52. The molecule has 0 amide bonds. The summed E-state index contributed by atoms with van der Waals surface area (Å²) >= 11 is 16.2. The minimum absolute atomic E-state index is 0.266. The molecule has 0 aliphatic heterocycles. The molecular weight excluding hydrogens is 336 g/mol. The normalized spacial score (nSPS) is 12.2. The smallest absolute Gasteiger partial charge is 0.250 e. The Morgan fingerprint density at radius 3 is 2.60 bits per heavy atom. The van der Waals surface area contributed by atoms with Gasteiger partial charge in [0.05, 0.1) is 16.3 Å². The second-order valence-electron chi connectivity index (χ2n) is 3.58. The zero-order valence-electron chi connectivity index (χ0n) is 9.45. The van der Waals surface area contributed by atoms with Crippen LogP contribution in [-0.2, 0) is 6.18 Å². The number of rotatable bonds is 2. The predicted molar refractivity (Wildman–Crippen MR) is 71.9 cm³/mol. The van der Waals surface area contributed by atoms with Crippen molar-refractivity contribution in [3.63, 3.8) is 0 Å². The quantitative estimate of drug-likeness (QED) is 0.659. The van der Waals surface area contributed by atoms with E-state index >= 15 is 0 Å². The molecule has 0 fully saturated rings.